The van der Waals surface area contributed by atoms with Gasteiger partial charge in [0.25, 0.3) is 0 Å². The molecule has 0 radical (unpaired) electrons. The van der Waals surface area contributed by atoms with E-state index in [0.29, 0.717) is 25.2 Å². The number of benzene rings is 1. The topological polar surface area (TPSA) is 41.5 Å². The Morgan fingerprint density at radius 2 is 1.95 bits per heavy atom. The van der Waals surface area contributed by atoms with Crippen molar-refractivity contribution in [3.05, 3.63) is 35.9 Å². The second-order valence-corrected chi connectivity index (χ2v) is 6.20. The van der Waals surface area contributed by atoms with Gasteiger partial charge in [0.1, 0.15) is 0 Å². The van der Waals surface area contributed by atoms with E-state index in [1.54, 1.807) is 0 Å². The summed E-state index contributed by atoms with van der Waals surface area (Å²) in [7, 11) is 0. The van der Waals surface area contributed by atoms with Crippen LogP contribution in [0.3, 0.4) is 0 Å². The van der Waals surface area contributed by atoms with Gasteiger partial charge in [-0.25, -0.2) is 0 Å². The molecule has 1 saturated carbocycles. The van der Waals surface area contributed by atoms with Crippen LogP contribution in [0, 0.1) is 0 Å². The fourth-order valence-electron chi connectivity index (χ4n) is 2.90. The highest BCUT2D eigenvalue weighted by atomic mass is 16.5. The zero-order valence-corrected chi connectivity index (χ0v) is 13.1. The molecule has 2 rings (SSSR count). The molecule has 3 heteroatoms. The Morgan fingerprint density at radius 3 is 2.67 bits per heavy atom. The zero-order chi connectivity index (χ0) is 14.9. The summed E-state index contributed by atoms with van der Waals surface area (Å²) >= 11 is 0. The maximum absolute atomic E-state index is 9.90. The van der Waals surface area contributed by atoms with Crippen LogP contribution in [-0.4, -0.2) is 37.0 Å². The van der Waals surface area contributed by atoms with Crippen LogP contribution < -0.4 is 5.32 Å². The van der Waals surface area contributed by atoms with Gasteiger partial charge in [0.05, 0.1) is 18.8 Å². The Balaban J connectivity index is 1.52. The Morgan fingerprint density at radius 1 is 1.24 bits per heavy atom. The number of ether oxygens (including phenoxy) is 1. The van der Waals surface area contributed by atoms with Crippen LogP contribution in [0.5, 0.6) is 0 Å². The van der Waals surface area contributed by atoms with Gasteiger partial charge in [-0.05, 0) is 37.3 Å². The minimum absolute atomic E-state index is 0.387. The fourth-order valence-corrected chi connectivity index (χ4v) is 2.90. The normalized spacial score (nSPS) is 18.8. The van der Waals surface area contributed by atoms with Gasteiger partial charge < -0.3 is 15.2 Å². The van der Waals surface area contributed by atoms with Crippen LogP contribution in [-0.2, 0) is 4.74 Å². The van der Waals surface area contributed by atoms with Crippen LogP contribution in [0.1, 0.15) is 50.5 Å². The molecule has 0 aliphatic heterocycles. The zero-order valence-electron chi connectivity index (χ0n) is 13.1. The van der Waals surface area contributed by atoms with E-state index < -0.39 is 6.10 Å². The molecule has 2 N–H and O–H groups in total. The van der Waals surface area contributed by atoms with Gasteiger partial charge in [0, 0.05) is 6.54 Å². The van der Waals surface area contributed by atoms with Crippen molar-refractivity contribution in [3.8, 4) is 0 Å². The van der Waals surface area contributed by atoms with E-state index in [9.17, 15) is 5.11 Å². The Hall–Kier alpha value is -0.900. The lowest BCUT2D eigenvalue weighted by Gasteiger charge is -2.17. The van der Waals surface area contributed by atoms with Gasteiger partial charge in [-0.3, -0.25) is 0 Å². The molecule has 1 aromatic rings. The number of aliphatic hydroxyl groups is 1. The molecule has 1 aromatic carbocycles. The molecule has 2 atom stereocenters. The number of hydrogen-bond acceptors (Lipinski definition) is 3. The number of aliphatic hydroxyl groups excluding tert-OH is 1. The van der Waals surface area contributed by atoms with Crippen molar-refractivity contribution in [1.82, 2.24) is 5.32 Å². The number of nitrogens with one attached hydrogen (secondary N) is 1. The van der Waals surface area contributed by atoms with Crippen molar-refractivity contribution >= 4 is 0 Å². The average Bonchev–Trinajstić information content (AvgIpc) is 3.03. The van der Waals surface area contributed by atoms with Gasteiger partial charge in [-0.1, -0.05) is 50.1 Å². The molecule has 2 unspecified atom stereocenters. The van der Waals surface area contributed by atoms with Crippen molar-refractivity contribution in [1.29, 1.82) is 0 Å². The summed E-state index contributed by atoms with van der Waals surface area (Å²) in [6, 6.07) is 10.6. The molecule has 0 saturated heterocycles. The highest BCUT2D eigenvalue weighted by molar-refractivity contribution is 5.18. The second-order valence-electron chi connectivity index (χ2n) is 6.20. The highest BCUT2D eigenvalue weighted by Crippen LogP contribution is 2.21. The van der Waals surface area contributed by atoms with E-state index in [1.807, 2.05) is 0 Å². The highest BCUT2D eigenvalue weighted by Gasteiger charge is 2.16. The first-order valence-corrected chi connectivity index (χ1v) is 8.31. The van der Waals surface area contributed by atoms with Crippen LogP contribution in [0.15, 0.2) is 30.3 Å². The van der Waals surface area contributed by atoms with E-state index in [1.165, 1.54) is 18.4 Å². The molecule has 0 amide bonds. The lowest BCUT2D eigenvalue weighted by atomic mass is 9.98. The van der Waals surface area contributed by atoms with Crippen LogP contribution >= 0.6 is 0 Å². The molecule has 1 aliphatic carbocycles. The molecular formula is C18H29NO2. The van der Waals surface area contributed by atoms with Crippen molar-refractivity contribution < 1.29 is 9.84 Å². The predicted octanol–water partition coefficient (Wildman–Crippen LogP) is 3.09. The summed E-state index contributed by atoms with van der Waals surface area (Å²) in [6.45, 7) is 4.26. The molecule has 21 heavy (non-hydrogen) atoms. The van der Waals surface area contributed by atoms with Crippen LogP contribution in [0.2, 0.25) is 0 Å². The third-order valence-electron chi connectivity index (χ3n) is 4.33. The first kappa shape index (κ1) is 16.5. The minimum Gasteiger partial charge on any atom is -0.389 e. The Bertz CT molecular complexity index is 376. The lowest BCUT2D eigenvalue weighted by Crippen LogP contribution is -2.32. The number of rotatable bonds is 9. The Kier molecular flexibility index (Phi) is 7.20. The second kappa shape index (κ2) is 9.19. The van der Waals surface area contributed by atoms with Gasteiger partial charge in [0.15, 0.2) is 0 Å². The van der Waals surface area contributed by atoms with Crippen LogP contribution in [0.4, 0.5) is 0 Å². The van der Waals surface area contributed by atoms with Gasteiger partial charge in [0.2, 0.25) is 0 Å². The number of hydrogen-bond donors (Lipinski definition) is 2. The van der Waals surface area contributed by atoms with Crippen molar-refractivity contribution in [2.45, 2.75) is 57.2 Å². The van der Waals surface area contributed by atoms with Crippen molar-refractivity contribution in [2.24, 2.45) is 0 Å². The summed E-state index contributed by atoms with van der Waals surface area (Å²) in [5, 5.41) is 13.2. The first-order valence-electron chi connectivity index (χ1n) is 8.31. The molecule has 1 fully saturated rings. The molecule has 0 heterocycles. The summed E-state index contributed by atoms with van der Waals surface area (Å²) in [5.41, 5.74) is 1.38. The largest absolute Gasteiger partial charge is 0.389 e. The van der Waals surface area contributed by atoms with Crippen molar-refractivity contribution in [2.75, 3.05) is 19.7 Å². The summed E-state index contributed by atoms with van der Waals surface area (Å²) in [5.74, 6) is 0.547. The average molecular weight is 291 g/mol. The molecule has 1 aliphatic rings. The molecule has 0 aromatic heterocycles. The molecule has 0 spiro atoms. The van der Waals surface area contributed by atoms with E-state index in [0.717, 1.165) is 25.8 Å². The van der Waals surface area contributed by atoms with E-state index in [-0.39, 0.29) is 0 Å². The van der Waals surface area contributed by atoms with Crippen molar-refractivity contribution in [3.63, 3.8) is 0 Å². The predicted molar refractivity (Wildman–Crippen MR) is 86.6 cm³/mol. The quantitative estimate of drug-likeness (QED) is 0.687. The summed E-state index contributed by atoms with van der Waals surface area (Å²) in [4.78, 5) is 0. The smallest absolute Gasteiger partial charge is 0.0897 e. The Labute approximate surface area is 128 Å². The lowest BCUT2D eigenvalue weighted by molar-refractivity contribution is -0.00537. The van der Waals surface area contributed by atoms with Gasteiger partial charge in [-0.2, -0.15) is 0 Å². The molecule has 0 bridgehead atoms. The minimum atomic E-state index is -0.391. The third-order valence-corrected chi connectivity index (χ3v) is 4.33. The van der Waals surface area contributed by atoms with E-state index >= 15 is 0 Å². The first-order chi connectivity index (χ1) is 10.3. The van der Waals surface area contributed by atoms with Crippen LogP contribution in [0.25, 0.3) is 0 Å². The summed E-state index contributed by atoms with van der Waals surface area (Å²) in [6.07, 6.45) is 5.95. The summed E-state index contributed by atoms with van der Waals surface area (Å²) < 4.78 is 5.72. The van der Waals surface area contributed by atoms with Gasteiger partial charge >= 0.3 is 0 Å². The van der Waals surface area contributed by atoms with E-state index in [2.05, 4.69) is 42.6 Å². The SMILES string of the molecule is CC(CCNCC(O)COC1CCCC1)c1ccccc1. The molecule has 118 valence electrons. The fraction of sp³-hybridized carbons (Fsp3) is 0.667. The van der Waals surface area contributed by atoms with Gasteiger partial charge in [-0.15, -0.1) is 0 Å². The maximum Gasteiger partial charge on any atom is 0.0897 e. The maximum atomic E-state index is 9.90. The van der Waals surface area contributed by atoms with E-state index in [4.69, 9.17) is 4.74 Å². The monoisotopic (exact) mass is 291 g/mol. The standard InChI is InChI=1S/C18H29NO2/c1-15(16-7-3-2-4-8-16)11-12-19-13-17(20)14-21-18-9-5-6-10-18/h2-4,7-8,15,17-20H,5-6,9-14H2,1H3. The molecule has 3 nitrogen and oxygen atoms in total. The third kappa shape index (κ3) is 6.16. The molecular weight excluding hydrogens is 262 g/mol.